The van der Waals surface area contributed by atoms with Crippen LogP contribution < -0.4 is 4.74 Å². The first-order valence-corrected chi connectivity index (χ1v) is 6.26. The monoisotopic (exact) mass is 292 g/mol. The van der Waals surface area contributed by atoms with Crippen molar-refractivity contribution < 1.29 is 13.5 Å². The molecule has 0 aliphatic carbocycles. The molecule has 0 saturated heterocycles. The largest absolute Gasteiger partial charge is 0.497 e. The fraction of sp³-hybridized carbons (Fsp3) is 0.0714. The summed E-state index contributed by atoms with van der Waals surface area (Å²) in [5.41, 5.74) is 1.18. The molecule has 0 atom stereocenters. The maximum atomic E-state index is 14.0. The highest BCUT2D eigenvalue weighted by atomic mass is 32.1. The number of hydrogen-bond donors (Lipinski definition) is 1. The van der Waals surface area contributed by atoms with Crippen LogP contribution in [0.2, 0.25) is 0 Å². The minimum atomic E-state index is -0.925. The standard InChI is InChI=1S/C14H10F2N2OS/c1-19-9-4-2-8(3-5-9)18-13-11(17-14(18)20)7-6-10(15)12(13)16/h2-7H,1H3,(H,17,20). The SMILES string of the molecule is COc1ccc(-n2c(=S)[nH]c3ccc(F)c(F)c32)cc1. The highest BCUT2D eigenvalue weighted by Crippen LogP contribution is 2.25. The average molecular weight is 292 g/mol. The molecule has 1 N–H and O–H groups in total. The van der Waals surface area contributed by atoms with Crippen molar-refractivity contribution in [3.05, 3.63) is 52.8 Å². The first kappa shape index (κ1) is 12.8. The Bertz CT molecular complexity index is 837. The average Bonchev–Trinajstić information content (AvgIpc) is 2.80. The first-order chi connectivity index (χ1) is 9.61. The smallest absolute Gasteiger partial charge is 0.184 e. The van der Waals surface area contributed by atoms with Crippen molar-refractivity contribution in [1.82, 2.24) is 9.55 Å². The van der Waals surface area contributed by atoms with Gasteiger partial charge in [0.1, 0.15) is 11.3 Å². The maximum absolute atomic E-state index is 14.0. The minimum absolute atomic E-state index is 0.0974. The van der Waals surface area contributed by atoms with Gasteiger partial charge in [0.2, 0.25) is 0 Å². The summed E-state index contributed by atoms with van der Waals surface area (Å²) >= 11 is 5.19. The molecule has 102 valence electrons. The van der Waals surface area contributed by atoms with E-state index in [9.17, 15) is 8.78 Å². The molecule has 1 heterocycles. The van der Waals surface area contributed by atoms with Crippen molar-refractivity contribution in [2.24, 2.45) is 0 Å². The van der Waals surface area contributed by atoms with E-state index >= 15 is 0 Å². The van der Waals surface area contributed by atoms with Crippen LogP contribution in [0.15, 0.2) is 36.4 Å². The lowest BCUT2D eigenvalue weighted by Crippen LogP contribution is -1.97. The second-order valence-electron chi connectivity index (χ2n) is 4.22. The van der Waals surface area contributed by atoms with E-state index in [1.807, 2.05) is 0 Å². The number of imidazole rings is 1. The van der Waals surface area contributed by atoms with Crippen LogP contribution in [0.1, 0.15) is 0 Å². The Morgan fingerprint density at radius 3 is 2.45 bits per heavy atom. The number of benzene rings is 2. The van der Waals surface area contributed by atoms with Crippen LogP contribution in [0, 0.1) is 16.4 Å². The lowest BCUT2D eigenvalue weighted by atomic mass is 10.2. The predicted molar refractivity (Wildman–Crippen MR) is 74.9 cm³/mol. The quantitative estimate of drug-likeness (QED) is 0.724. The van der Waals surface area contributed by atoms with E-state index in [1.165, 1.54) is 10.6 Å². The van der Waals surface area contributed by atoms with Gasteiger partial charge in [-0.25, -0.2) is 8.78 Å². The minimum Gasteiger partial charge on any atom is -0.497 e. The molecule has 0 aliphatic heterocycles. The Kier molecular flexibility index (Phi) is 3.02. The van der Waals surface area contributed by atoms with Crippen molar-refractivity contribution in [2.45, 2.75) is 0 Å². The zero-order chi connectivity index (χ0) is 14.3. The summed E-state index contributed by atoms with van der Waals surface area (Å²) in [6, 6.07) is 9.45. The van der Waals surface area contributed by atoms with Crippen LogP contribution in [0.5, 0.6) is 5.75 Å². The van der Waals surface area contributed by atoms with E-state index in [4.69, 9.17) is 17.0 Å². The van der Waals surface area contributed by atoms with Gasteiger partial charge in [0.15, 0.2) is 16.4 Å². The number of nitrogens with zero attached hydrogens (tertiary/aromatic N) is 1. The molecule has 0 bridgehead atoms. The van der Waals surface area contributed by atoms with E-state index in [1.54, 1.807) is 31.4 Å². The van der Waals surface area contributed by atoms with Crippen LogP contribution in [0.4, 0.5) is 8.78 Å². The summed E-state index contributed by atoms with van der Waals surface area (Å²) in [4.78, 5) is 2.86. The summed E-state index contributed by atoms with van der Waals surface area (Å²) in [5.74, 6) is -1.16. The molecule has 0 amide bonds. The Morgan fingerprint density at radius 2 is 1.80 bits per heavy atom. The number of hydrogen-bond acceptors (Lipinski definition) is 2. The molecular weight excluding hydrogens is 282 g/mol. The van der Waals surface area contributed by atoms with E-state index in [0.29, 0.717) is 21.7 Å². The van der Waals surface area contributed by atoms with E-state index in [0.717, 1.165) is 6.07 Å². The summed E-state index contributed by atoms with van der Waals surface area (Å²) < 4.78 is 34.3. The molecule has 2 aromatic carbocycles. The van der Waals surface area contributed by atoms with Gasteiger partial charge in [-0.15, -0.1) is 0 Å². The number of methoxy groups -OCH3 is 1. The number of aromatic amines is 1. The zero-order valence-electron chi connectivity index (χ0n) is 10.5. The van der Waals surface area contributed by atoms with Gasteiger partial charge in [-0.05, 0) is 48.6 Å². The number of rotatable bonds is 2. The molecule has 0 unspecified atom stereocenters. The molecule has 0 aliphatic rings. The van der Waals surface area contributed by atoms with Gasteiger partial charge in [-0.1, -0.05) is 0 Å². The topological polar surface area (TPSA) is 29.9 Å². The fourth-order valence-corrected chi connectivity index (χ4v) is 2.42. The van der Waals surface area contributed by atoms with Gasteiger partial charge in [0.25, 0.3) is 0 Å². The summed E-state index contributed by atoms with van der Waals surface area (Å²) in [7, 11) is 1.56. The van der Waals surface area contributed by atoms with Crippen molar-refractivity contribution in [2.75, 3.05) is 7.11 Å². The van der Waals surface area contributed by atoms with Crippen LogP contribution in [0.25, 0.3) is 16.7 Å². The first-order valence-electron chi connectivity index (χ1n) is 5.85. The molecule has 6 heteroatoms. The van der Waals surface area contributed by atoms with Crippen LogP contribution in [-0.4, -0.2) is 16.7 Å². The summed E-state index contributed by atoms with van der Waals surface area (Å²) in [6.07, 6.45) is 0. The Labute approximate surface area is 118 Å². The Hall–Kier alpha value is -2.21. The van der Waals surface area contributed by atoms with Gasteiger partial charge in [-0.3, -0.25) is 4.57 Å². The van der Waals surface area contributed by atoms with Crippen LogP contribution in [0.3, 0.4) is 0 Å². The molecule has 0 saturated carbocycles. The lowest BCUT2D eigenvalue weighted by molar-refractivity contribution is 0.414. The molecular formula is C14H10F2N2OS. The number of halogens is 2. The van der Waals surface area contributed by atoms with Gasteiger partial charge < -0.3 is 9.72 Å². The molecule has 3 rings (SSSR count). The highest BCUT2D eigenvalue weighted by Gasteiger charge is 2.14. The Balaban J connectivity index is 2.32. The third-order valence-electron chi connectivity index (χ3n) is 3.07. The van der Waals surface area contributed by atoms with Crippen molar-refractivity contribution >= 4 is 23.3 Å². The number of aromatic nitrogens is 2. The van der Waals surface area contributed by atoms with Gasteiger partial charge in [0.05, 0.1) is 12.6 Å². The van der Waals surface area contributed by atoms with Crippen molar-refractivity contribution in [1.29, 1.82) is 0 Å². The van der Waals surface area contributed by atoms with Crippen LogP contribution in [-0.2, 0) is 0 Å². The number of H-pyrrole nitrogens is 1. The number of fused-ring (bicyclic) bond motifs is 1. The second kappa shape index (κ2) is 4.72. The van der Waals surface area contributed by atoms with E-state index < -0.39 is 11.6 Å². The molecule has 1 aromatic heterocycles. The summed E-state index contributed by atoms with van der Waals surface area (Å²) in [6.45, 7) is 0. The van der Waals surface area contributed by atoms with Gasteiger partial charge >= 0.3 is 0 Å². The third-order valence-corrected chi connectivity index (χ3v) is 3.35. The molecule has 3 nitrogen and oxygen atoms in total. The molecule has 20 heavy (non-hydrogen) atoms. The molecule has 0 radical (unpaired) electrons. The van der Waals surface area contributed by atoms with E-state index in [-0.39, 0.29) is 5.52 Å². The van der Waals surface area contributed by atoms with Gasteiger partial charge in [0, 0.05) is 5.69 Å². The maximum Gasteiger partial charge on any atom is 0.184 e. The normalized spacial score (nSPS) is 10.9. The molecule has 0 fully saturated rings. The van der Waals surface area contributed by atoms with E-state index in [2.05, 4.69) is 4.98 Å². The third kappa shape index (κ3) is 1.89. The molecule has 3 aromatic rings. The molecule has 0 spiro atoms. The van der Waals surface area contributed by atoms with Gasteiger partial charge in [-0.2, -0.15) is 0 Å². The predicted octanol–water partition coefficient (Wildman–Crippen LogP) is 3.97. The van der Waals surface area contributed by atoms with Crippen molar-refractivity contribution in [3.63, 3.8) is 0 Å². The highest BCUT2D eigenvalue weighted by molar-refractivity contribution is 7.71. The number of nitrogens with one attached hydrogen (secondary N) is 1. The van der Waals surface area contributed by atoms with Crippen LogP contribution >= 0.6 is 12.2 Å². The second-order valence-corrected chi connectivity index (χ2v) is 4.61. The number of ether oxygens (including phenoxy) is 1. The van der Waals surface area contributed by atoms with Crippen molar-refractivity contribution in [3.8, 4) is 11.4 Å². The summed E-state index contributed by atoms with van der Waals surface area (Å²) in [5, 5.41) is 0. The Morgan fingerprint density at radius 1 is 1.10 bits per heavy atom. The lowest BCUT2D eigenvalue weighted by Gasteiger charge is -2.06. The fourth-order valence-electron chi connectivity index (χ4n) is 2.11. The zero-order valence-corrected chi connectivity index (χ0v) is 11.3.